The van der Waals surface area contributed by atoms with Gasteiger partial charge in [-0.1, -0.05) is 32.0 Å². The summed E-state index contributed by atoms with van der Waals surface area (Å²) in [5, 5.41) is 14.2. The molecule has 0 aliphatic rings. The van der Waals surface area contributed by atoms with Gasteiger partial charge >= 0.3 is 0 Å². The number of nitrogens with zero attached hydrogens (tertiary/aromatic N) is 2. The molecule has 0 aliphatic heterocycles. The maximum absolute atomic E-state index is 12.5. The van der Waals surface area contributed by atoms with E-state index >= 15 is 0 Å². The first-order valence-corrected chi connectivity index (χ1v) is 10.4. The first kappa shape index (κ1) is 22.7. The zero-order chi connectivity index (χ0) is 22.9. The first-order chi connectivity index (χ1) is 15.5. The van der Waals surface area contributed by atoms with E-state index in [9.17, 15) is 14.7 Å². The zero-order valence-electron chi connectivity index (χ0n) is 18.0. The molecule has 0 saturated carbocycles. The molecule has 0 aliphatic carbocycles. The van der Waals surface area contributed by atoms with Gasteiger partial charge in [0.25, 0.3) is 11.8 Å². The smallest absolute Gasteiger partial charge is 0.294 e. The average molecular weight is 438 g/mol. The third-order valence-electron chi connectivity index (χ3n) is 4.35. The summed E-state index contributed by atoms with van der Waals surface area (Å²) in [5.41, 5.74) is 5.33. The lowest BCUT2D eigenvalue weighted by Gasteiger charge is -2.13. The molecule has 168 valence electrons. The monoisotopic (exact) mass is 438 g/mol. The molecule has 0 radical (unpaired) electrons. The van der Waals surface area contributed by atoms with Gasteiger partial charge in [0, 0.05) is 5.56 Å². The minimum Gasteiger partial charge on any atom is -0.504 e. The molecule has 3 N–H and O–H groups in total. The highest BCUT2D eigenvalue weighted by Crippen LogP contribution is 2.29. The number of benzene rings is 2. The first-order valence-electron chi connectivity index (χ1n) is 10.4. The van der Waals surface area contributed by atoms with Crippen LogP contribution in [0.5, 0.6) is 17.2 Å². The van der Waals surface area contributed by atoms with Gasteiger partial charge in [-0.05, 0) is 43.2 Å². The fraction of sp³-hybridized carbons (Fsp3) is 0.261. The van der Waals surface area contributed by atoms with Crippen molar-refractivity contribution < 1.29 is 24.2 Å². The van der Waals surface area contributed by atoms with Gasteiger partial charge in [0.05, 0.1) is 25.1 Å². The lowest BCUT2D eigenvalue weighted by Crippen LogP contribution is -2.41. The van der Waals surface area contributed by atoms with Crippen molar-refractivity contribution in [2.75, 3.05) is 13.2 Å². The Balaban J connectivity index is 1.67. The van der Waals surface area contributed by atoms with Crippen molar-refractivity contribution >= 4 is 11.8 Å². The fourth-order valence-electron chi connectivity index (χ4n) is 2.79. The molecule has 0 fully saturated rings. The minimum absolute atomic E-state index is 0.218. The van der Waals surface area contributed by atoms with Crippen molar-refractivity contribution in [1.82, 2.24) is 20.6 Å². The number of carbonyl (C=O) groups is 2. The molecular formula is C23H26N4O5. The van der Waals surface area contributed by atoms with Crippen LogP contribution in [0.1, 0.15) is 47.5 Å². The van der Waals surface area contributed by atoms with Gasteiger partial charge in [0.2, 0.25) is 0 Å². The van der Waals surface area contributed by atoms with E-state index in [1.54, 1.807) is 30.3 Å². The van der Waals surface area contributed by atoms with Gasteiger partial charge in [-0.25, -0.2) is 4.68 Å². The molecule has 3 rings (SSSR count). The van der Waals surface area contributed by atoms with E-state index < -0.39 is 11.8 Å². The molecule has 2 amide bonds. The third-order valence-corrected chi connectivity index (χ3v) is 4.35. The number of rotatable bonds is 9. The molecule has 3 aromatic rings. The van der Waals surface area contributed by atoms with E-state index in [4.69, 9.17) is 9.47 Å². The summed E-state index contributed by atoms with van der Waals surface area (Å²) in [6.07, 6.45) is 2.96. The highest BCUT2D eigenvalue weighted by molar-refractivity contribution is 5.99. The molecule has 0 saturated heterocycles. The molecule has 1 aromatic heterocycles. The molecule has 2 aromatic carbocycles. The molecule has 1 heterocycles. The van der Waals surface area contributed by atoms with E-state index in [2.05, 4.69) is 16.0 Å². The summed E-state index contributed by atoms with van der Waals surface area (Å²) < 4.78 is 12.7. The predicted molar refractivity (Wildman–Crippen MR) is 118 cm³/mol. The van der Waals surface area contributed by atoms with Crippen molar-refractivity contribution in [2.45, 2.75) is 26.7 Å². The zero-order valence-corrected chi connectivity index (χ0v) is 18.0. The summed E-state index contributed by atoms with van der Waals surface area (Å²) in [4.78, 5) is 25.0. The number of aromatic hydroxyl groups is 1. The van der Waals surface area contributed by atoms with Crippen molar-refractivity contribution in [1.29, 1.82) is 0 Å². The Morgan fingerprint density at radius 2 is 1.59 bits per heavy atom. The summed E-state index contributed by atoms with van der Waals surface area (Å²) >= 11 is 0. The normalized spacial score (nSPS) is 10.4. The largest absolute Gasteiger partial charge is 0.504 e. The van der Waals surface area contributed by atoms with Crippen LogP contribution in [0.15, 0.2) is 54.7 Å². The van der Waals surface area contributed by atoms with Crippen molar-refractivity contribution in [3.63, 3.8) is 0 Å². The van der Waals surface area contributed by atoms with Crippen LogP contribution in [0.3, 0.4) is 0 Å². The maximum atomic E-state index is 12.5. The van der Waals surface area contributed by atoms with E-state index in [1.807, 2.05) is 32.0 Å². The number of hydrogen-bond donors (Lipinski definition) is 3. The van der Waals surface area contributed by atoms with Crippen LogP contribution in [0.2, 0.25) is 0 Å². The third kappa shape index (κ3) is 5.57. The van der Waals surface area contributed by atoms with Gasteiger partial charge < -0.3 is 14.6 Å². The second-order valence-electron chi connectivity index (χ2n) is 6.91. The highest BCUT2D eigenvalue weighted by atomic mass is 16.5. The Kier molecular flexibility index (Phi) is 7.69. The second-order valence-corrected chi connectivity index (χ2v) is 6.91. The van der Waals surface area contributed by atoms with E-state index in [-0.39, 0.29) is 17.0 Å². The van der Waals surface area contributed by atoms with Crippen LogP contribution >= 0.6 is 0 Å². The predicted octanol–water partition coefficient (Wildman–Crippen LogP) is 3.23. The molecule has 0 bridgehead atoms. The van der Waals surface area contributed by atoms with E-state index in [0.29, 0.717) is 30.4 Å². The van der Waals surface area contributed by atoms with Crippen LogP contribution in [0.4, 0.5) is 0 Å². The van der Waals surface area contributed by atoms with E-state index in [1.165, 1.54) is 10.9 Å². The average Bonchev–Trinajstić information content (AvgIpc) is 3.22. The Morgan fingerprint density at radius 1 is 0.938 bits per heavy atom. The SMILES string of the molecule is CCCOc1ccc(C(=O)NNC(=O)c2nn(-c3ccccc3)cc2O)cc1OCCC. The second kappa shape index (κ2) is 10.9. The molecule has 0 spiro atoms. The van der Waals surface area contributed by atoms with E-state index in [0.717, 1.165) is 12.8 Å². The number of hydrazine groups is 1. The number of aromatic nitrogens is 2. The van der Waals surface area contributed by atoms with Crippen LogP contribution in [0, 0.1) is 0 Å². The quantitative estimate of drug-likeness (QED) is 0.442. The Labute approximate surface area is 185 Å². The number of carbonyl (C=O) groups excluding carboxylic acids is 2. The maximum Gasteiger partial charge on any atom is 0.294 e. The minimum atomic E-state index is -0.754. The Bertz CT molecular complexity index is 1070. The molecular weight excluding hydrogens is 412 g/mol. The van der Waals surface area contributed by atoms with Gasteiger partial charge in [-0.15, -0.1) is 0 Å². The topological polar surface area (TPSA) is 115 Å². The van der Waals surface area contributed by atoms with Crippen molar-refractivity contribution in [3.8, 4) is 22.9 Å². The Hall–Kier alpha value is -4.01. The molecule has 9 nitrogen and oxygen atoms in total. The lowest BCUT2D eigenvalue weighted by atomic mass is 10.2. The van der Waals surface area contributed by atoms with Gasteiger partial charge in [-0.2, -0.15) is 5.10 Å². The van der Waals surface area contributed by atoms with Crippen LogP contribution in [0.25, 0.3) is 5.69 Å². The van der Waals surface area contributed by atoms with Crippen molar-refractivity contribution in [2.24, 2.45) is 0 Å². The summed E-state index contributed by atoms with van der Waals surface area (Å²) in [7, 11) is 0. The number of hydrogen-bond acceptors (Lipinski definition) is 6. The molecule has 0 unspecified atom stereocenters. The van der Waals surface area contributed by atoms with Crippen LogP contribution < -0.4 is 20.3 Å². The van der Waals surface area contributed by atoms with Crippen molar-refractivity contribution in [3.05, 3.63) is 66.0 Å². The van der Waals surface area contributed by atoms with Crippen LogP contribution in [-0.4, -0.2) is 39.9 Å². The number of amides is 2. The fourth-order valence-corrected chi connectivity index (χ4v) is 2.79. The Morgan fingerprint density at radius 3 is 2.28 bits per heavy atom. The summed E-state index contributed by atoms with van der Waals surface area (Å²) in [5.74, 6) is -0.608. The number of para-hydroxylation sites is 1. The van der Waals surface area contributed by atoms with Gasteiger partial charge in [0.15, 0.2) is 22.9 Å². The molecule has 9 heteroatoms. The molecule has 0 atom stereocenters. The summed E-state index contributed by atoms with van der Waals surface area (Å²) in [6.45, 7) is 4.99. The standard InChI is InChI=1S/C23H26N4O5/c1-3-12-31-19-11-10-16(14-20(19)32-13-4-2)22(29)24-25-23(30)21-18(28)15-27(26-21)17-8-6-5-7-9-17/h5-11,14-15,28H,3-4,12-13H2,1-2H3,(H,24,29)(H,25,30). The highest BCUT2D eigenvalue weighted by Gasteiger charge is 2.19. The number of nitrogens with one attached hydrogen (secondary N) is 2. The number of ether oxygens (including phenoxy) is 2. The lowest BCUT2D eigenvalue weighted by molar-refractivity contribution is 0.0841. The van der Waals surface area contributed by atoms with Gasteiger partial charge in [-0.3, -0.25) is 20.4 Å². The molecule has 32 heavy (non-hydrogen) atoms. The van der Waals surface area contributed by atoms with Crippen LogP contribution in [-0.2, 0) is 0 Å². The van der Waals surface area contributed by atoms with Gasteiger partial charge in [0.1, 0.15) is 0 Å². The summed E-state index contributed by atoms with van der Waals surface area (Å²) in [6, 6.07) is 13.8.